The van der Waals surface area contributed by atoms with Crippen molar-refractivity contribution in [3.05, 3.63) is 34.6 Å². The molecule has 0 aromatic heterocycles. The average Bonchev–Trinajstić information content (AvgIpc) is 3.51. The van der Waals surface area contributed by atoms with Crippen LogP contribution in [0.25, 0.3) is 0 Å². The molecule has 40 heavy (non-hydrogen) atoms. The van der Waals surface area contributed by atoms with E-state index in [0.29, 0.717) is 36.9 Å². The molecule has 9 nitrogen and oxygen atoms in total. The number of carboxylic acid groups (broad SMARTS) is 1. The molecule has 4 aliphatic rings. The highest BCUT2D eigenvalue weighted by Gasteiger charge is 2.53. The van der Waals surface area contributed by atoms with Gasteiger partial charge in [-0.25, -0.2) is 0 Å². The summed E-state index contributed by atoms with van der Waals surface area (Å²) in [7, 11) is 3.28. The minimum atomic E-state index is -1.02. The normalized spacial score (nSPS) is 32.8. The predicted octanol–water partition coefficient (Wildman–Crippen LogP) is 5.08. The first-order chi connectivity index (χ1) is 19.3. The summed E-state index contributed by atoms with van der Waals surface area (Å²) in [6, 6.07) is 4.11. The molecule has 0 radical (unpaired) electrons. The molecule has 2 saturated heterocycles. The monoisotopic (exact) mass is 560 g/mol. The fourth-order valence-corrected chi connectivity index (χ4v) is 7.01. The number of aliphatic hydroxyl groups is 1. The molecule has 6 atom stereocenters. The minimum absolute atomic E-state index is 0.0387. The molecule has 2 unspecified atom stereocenters. The highest BCUT2D eigenvalue weighted by molar-refractivity contribution is 5.67. The number of benzene rings is 1. The van der Waals surface area contributed by atoms with Crippen molar-refractivity contribution in [3.8, 4) is 11.5 Å². The molecule has 2 heterocycles. The maximum absolute atomic E-state index is 11.7. The quantitative estimate of drug-likeness (QED) is 0.378. The highest BCUT2D eigenvalue weighted by atomic mass is 16.7. The van der Waals surface area contributed by atoms with Crippen LogP contribution in [-0.4, -0.2) is 67.9 Å². The Morgan fingerprint density at radius 3 is 2.27 bits per heavy atom. The molecule has 9 heteroatoms. The van der Waals surface area contributed by atoms with Gasteiger partial charge in [-0.1, -0.05) is 0 Å². The summed E-state index contributed by atoms with van der Waals surface area (Å²) in [5, 5.41) is 20.8. The van der Waals surface area contributed by atoms with Crippen molar-refractivity contribution in [3.63, 3.8) is 0 Å². The molecule has 1 aromatic carbocycles. The van der Waals surface area contributed by atoms with Gasteiger partial charge in [-0.15, -0.1) is 0 Å². The van der Waals surface area contributed by atoms with Gasteiger partial charge in [0.05, 0.1) is 33.4 Å². The lowest BCUT2D eigenvalue weighted by molar-refractivity contribution is -0.237. The lowest BCUT2D eigenvalue weighted by atomic mass is 9.86. The average molecular weight is 561 g/mol. The van der Waals surface area contributed by atoms with Gasteiger partial charge < -0.3 is 38.6 Å². The van der Waals surface area contributed by atoms with Gasteiger partial charge in [0, 0.05) is 25.4 Å². The largest absolute Gasteiger partial charge is 0.493 e. The first-order valence-electron chi connectivity index (χ1n) is 14.8. The van der Waals surface area contributed by atoms with Crippen LogP contribution in [0.2, 0.25) is 0 Å². The molecule has 2 N–H and O–H groups in total. The van der Waals surface area contributed by atoms with E-state index in [-0.39, 0.29) is 18.8 Å². The zero-order valence-electron chi connectivity index (χ0n) is 24.0. The van der Waals surface area contributed by atoms with Crippen LogP contribution in [0.5, 0.6) is 11.5 Å². The summed E-state index contributed by atoms with van der Waals surface area (Å²) in [6.45, 7) is 3.33. The van der Waals surface area contributed by atoms with E-state index in [2.05, 4.69) is 19.1 Å². The Labute approximate surface area is 236 Å². The molecular formula is C31H44O9. The van der Waals surface area contributed by atoms with Crippen molar-refractivity contribution in [1.82, 2.24) is 0 Å². The summed E-state index contributed by atoms with van der Waals surface area (Å²) in [6.07, 6.45) is 6.00. The van der Waals surface area contributed by atoms with Crippen molar-refractivity contribution >= 4 is 5.97 Å². The van der Waals surface area contributed by atoms with Crippen molar-refractivity contribution in [2.45, 2.75) is 108 Å². The van der Waals surface area contributed by atoms with Crippen LogP contribution in [0.4, 0.5) is 0 Å². The molecule has 3 fully saturated rings. The summed E-state index contributed by atoms with van der Waals surface area (Å²) >= 11 is 0. The fourth-order valence-electron chi connectivity index (χ4n) is 7.01. The van der Waals surface area contributed by atoms with E-state index in [9.17, 15) is 15.0 Å². The maximum Gasteiger partial charge on any atom is 0.303 e. The predicted molar refractivity (Wildman–Crippen MR) is 146 cm³/mol. The molecule has 0 bridgehead atoms. The Morgan fingerprint density at radius 1 is 0.975 bits per heavy atom. The van der Waals surface area contributed by atoms with Crippen LogP contribution in [-0.2, 0) is 30.2 Å². The molecular weight excluding hydrogens is 516 g/mol. The second kappa shape index (κ2) is 12.7. The molecule has 0 spiro atoms. The number of fused-ring (bicyclic) bond motifs is 1. The van der Waals surface area contributed by atoms with Gasteiger partial charge >= 0.3 is 5.97 Å². The maximum atomic E-state index is 11.7. The number of hydrogen-bond donors (Lipinski definition) is 2. The molecule has 0 amide bonds. The van der Waals surface area contributed by atoms with Gasteiger partial charge in [0.1, 0.15) is 11.4 Å². The third-order valence-electron chi connectivity index (χ3n) is 9.01. The van der Waals surface area contributed by atoms with Crippen molar-refractivity contribution in [2.24, 2.45) is 5.92 Å². The van der Waals surface area contributed by atoms with Crippen LogP contribution < -0.4 is 9.47 Å². The molecule has 1 saturated carbocycles. The Balaban J connectivity index is 1.58. The number of aliphatic carboxylic acids is 1. The zero-order chi connectivity index (χ0) is 28.3. The smallest absolute Gasteiger partial charge is 0.303 e. The van der Waals surface area contributed by atoms with Crippen LogP contribution >= 0.6 is 0 Å². The van der Waals surface area contributed by atoms with Crippen LogP contribution in [0.3, 0.4) is 0 Å². The number of carboxylic acids is 1. The SMILES string of the molecule is COc1cc2c(cc1OC)C(C(C)=C(O[C@@H]1CCCCO1)[C@]1(OC3CCCCO3)C[C@H](CC(=O)O)[C@H](O)C1)CC2. The van der Waals surface area contributed by atoms with Gasteiger partial charge in [-0.2, -0.15) is 0 Å². The Kier molecular flexibility index (Phi) is 9.24. The first-order valence-corrected chi connectivity index (χ1v) is 14.8. The van der Waals surface area contributed by atoms with E-state index < -0.39 is 36.2 Å². The van der Waals surface area contributed by atoms with Crippen molar-refractivity contribution < 1.29 is 43.4 Å². The van der Waals surface area contributed by atoms with E-state index in [0.717, 1.165) is 62.5 Å². The second-order valence-corrected chi connectivity index (χ2v) is 11.7. The first kappa shape index (κ1) is 29.2. The fraction of sp³-hybridized carbons (Fsp3) is 0.710. The second-order valence-electron chi connectivity index (χ2n) is 11.7. The van der Waals surface area contributed by atoms with E-state index in [1.807, 2.05) is 0 Å². The third kappa shape index (κ3) is 6.12. The van der Waals surface area contributed by atoms with Gasteiger partial charge in [0.25, 0.3) is 0 Å². The summed E-state index contributed by atoms with van der Waals surface area (Å²) in [5.74, 6) is 0.696. The standard InChI is InChI=1S/C31H44O9/c1-19(22-11-10-20-14-25(35-2)26(36-3)16-23(20)22)30(39-28-8-4-6-12-37-28)31(40-29-9-5-7-13-38-29)17-21(15-27(33)34)24(32)18-31/h14,16,21-22,24,28-29,32H,4-13,15,17-18H2,1-3H3,(H,33,34)/t21-,22?,24+,28+,29?,31-/m0/s1. The van der Waals surface area contributed by atoms with Crippen LogP contribution in [0.15, 0.2) is 23.5 Å². The number of aryl methyl sites for hydroxylation is 1. The number of rotatable bonds is 10. The lowest BCUT2D eigenvalue weighted by Crippen LogP contribution is -2.42. The zero-order valence-corrected chi connectivity index (χ0v) is 24.0. The number of allylic oxidation sites excluding steroid dienone is 1. The number of aliphatic hydroxyl groups excluding tert-OH is 1. The van der Waals surface area contributed by atoms with E-state index in [1.165, 1.54) is 5.56 Å². The number of methoxy groups -OCH3 is 2. The lowest BCUT2D eigenvalue weighted by Gasteiger charge is -2.40. The van der Waals surface area contributed by atoms with E-state index in [1.54, 1.807) is 14.2 Å². The van der Waals surface area contributed by atoms with Crippen molar-refractivity contribution in [1.29, 1.82) is 0 Å². The summed E-state index contributed by atoms with van der Waals surface area (Å²) < 4.78 is 36.8. The van der Waals surface area contributed by atoms with E-state index in [4.69, 9.17) is 28.4 Å². The van der Waals surface area contributed by atoms with Gasteiger partial charge in [-0.3, -0.25) is 4.79 Å². The van der Waals surface area contributed by atoms with Gasteiger partial charge in [-0.05, 0) is 93.0 Å². The number of ether oxygens (including phenoxy) is 6. The van der Waals surface area contributed by atoms with E-state index >= 15 is 0 Å². The van der Waals surface area contributed by atoms with Crippen LogP contribution in [0.1, 0.15) is 88.2 Å². The Bertz CT molecular complexity index is 1070. The van der Waals surface area contributed by atoms with Crippen molar-refractivity contribution in [2.75, 3.05) is 27.4 Å². The number of carbonyl (C=O) groups is 1. The summed E-state index contributed by atoms with van der Waals surface area (Å²) in [5.41, 5.74) is 2.35. The molecule has 2 aliphatic heterocycles. The van der Waals surface area contributed by atoms with Gasteiger partial charge in [0.15, 0.2) is 24.1 Å². The number of hydrogen-bond acceptors (Lipinski definition) is 8. The van der Waals surface area contributed by atoms with Gasteiger partial charge in [0.2, 0.25) is 0 Å². The topological polar surface area (TPSA) is 113 Å². The molecule has 1 aromatic rings. The van der Waals surface area contributed by atoms with Crippen LogP contribution in [0, 0.1) is 5.92 Å². The molecule has 5 rings (SSSR count). The molecule has 2 aliphatic carbocycles. The molecule has 222 valence electrons. The summed E-state index contributed by atoms with van der Waals surface area (Å²) in [4.78, 5) is 11.7. The third-order valence-corrected chi connectivity index (χ3v) is 9.01. The minimum Gasteiger partial charge on any atom is -0.493 e. The Hall–Kier alpha value is -2.33. The highest BCUT2D eigenvalue weighted by Crippen LogP contribution is 2.51. The Morgan fingerprint density at radius 2 is 1.65 bits per heavy atom.